The Morgan fingerprint density at radius 1 is 0.857 bits per heavy atom. The smallest absolute Gasteiger partial charge is 0.414 e. The van der Waals surface area contributed by atoms with Crippen LogP contribution in [0.1, 0.15) is 11.1 Å². The number of carboxylic acid groups (broad SMARTS) is 2. The zero-order chi connectivity index (χ0) is 20.9. The van der Waals surface area contributed by atoms with Gasteiger partial charge in [0.05, 0.1) is 7.11 Å². The number of para-hydroxylation sites is 1. The van der Waals surface area contributed by atoms with Gasteiger partial charge in [-0.2, -0.15) is 0 Å². The molecule has 0 aliphatic rings. The Morgan fingerprint density at radius 2 is 1.43 bits per heavy atom. The number of carboxylic acids is 2. The zero-order valence-corrected chi connectivity index (χ0v) is 16.5. The molecule has 0 saturated carbocycles. The fraction of sp³-hybridized carbons (Fsp3) is 0.333. The van der Waals surface area contributed by atoms with Crippen LogP contribution in [0.3, 0.4) is 0 Å². The second kappa shape index (κ2) is 12.5. The summed E-state index contributed by atoms with van der Waals surface area (Å²) in [5.41, 5.74) is 2.58. The van der Waals surface area contributed by atoms with Gasteiger partial charge in [-0.05, 0) is 25.7 Å². The van der Waals surface area contributed by atoms with Gasteiger partial charge in [0.15, 0.2) is 0 Å². The summed E-state index contributed by atoms with van der Waals surface area (Å²) >= 11 is 0. The first-order chi connectivity index (χ1) is 13.3. The number of methoxy groups -OCH3 is 1. The summed E-state index contributed by atoms with van der Waals surface area (Å²) in [5, 5.41) is 14.8. The summed E-state index contributed by atoms with van der Waals surface area (Å²) in [6.45, 7) is 3.92. The number of benzene rings is 2. The average molecular weight is 388 g/mol. The van der Waals surface area contributed by atoms with Crippen LogP contribution >= 0.6 is 0 Å². The third-order valence-electron chi connectivity index (χ3n) is 3.88. The van der Waals surface area contributed by atoms with Crippen LogP contribution in [0.2, 0.25) is 0 Å². The lowest BCUT2D eigenvalue weighted by Gasteiger charge is -2.25. The predicted molar refractivity (Wildman–Crippen MR) is 107 cm³/mol. The third-order valence-corrected chi connectivity index (χ3v) is 3.88. The van der Waals surface area contributed by atoms with E-state index >= 15 is 0 Å². The van der Waals surface area contributed by atoms with Crippen LogP contribution < -0.4 is 4.74 Å². The first kappa shape index (κ1) is 23.1. The van der Waals surface area contributed by atoms with Gasteiger partial charge >= 0.3 is 11.9 Å². The molecule has 7 heteroatoms. The molecular weight excluding hydrogens is 360 g/mol. The molecule has 152 valence electrons. The first-order valence-electron chi connectivity index (χ1n) is 8.82. The highest BCUT2D eigenvalue weighted by Crippen LogP contribution is 2.20. The maximum atomic E-state index is 9.10. The molecule has 2 aromatic carbocycles. The maximum Gasteiger partial charge on any atom is 0.414 e. The van der Waals surface area contributed by atoms with Crippen LogP contribution in [0.25, 0.3) is 0 Å². The monoisotopic (exact) mass is 388 g/mol. The van der Waals surface area contributed by atoms with E-state index in [1.165, 1.54) is 11.1 Å². The van der Waals surface area contributed by atoms with E-state index < -0.39 is 11.9 Å². The van der Waals surface area contributed by atoms with Gasteiger partial charge in [0.25, 0.3) is 0 Å². The Bertz CT molecular complexity index is 723. The maximum absolute atomic E-state index is 9.10. The van der Waals surface area contributed by atoms with Crippen molar-refractivity contribution in [3.05, 3.63) is 65.7 Å². The van der Waals surface area contributed by atoms with Crippen molar-refractivity contribution < 1.29 is 24.5 Å². The highest BCUT2D eigenvalue weighted by atomic mass is 16.5. The van der Waals surface area contributed by atoms with Crippen molar-refractivity contribution in [1.29, 1.82) is 0 Å². The molecule has 0 aliphatic heterocycles. The average Bonchev–Trinajstić information content (AvgIpc) is 2.67. The van der Waals surface area contributed by atoms with Gasteiger partial charge in [-0.25, -0.2) is 9.59 Å². The molecule has 28 heavy (non-hydrogen) atoms. The van der Waals surface area contributed by atoms with Crippen molar-refractivity contribution in [2.75, 3.05) is 34.3 Å². The normalized spacial score (nSPS) is 10.3. The molecule has 0 heterocycles. The molecular formula is C21H28N2O5. The third kappa shape index (κ3) is 9.16. The molecule has 0 aliphatic carbocycles. The van der Waals surface area contributed by atoms with E-state index in [2.05, 4.69) is 66.4 Å². The molecule has 0 bridgehead atoms. The van der Waals surface area contributed by atoms with Gasteiger partial charge < -0.3 is 19.8 Å². The van der Waals surface area contributed by atoms with Crippen molar-refractivity contribution in [3.8, 4) is 5.75 Å². The standard InChI is InChI=1S/C19H26N2O.C2H2O4/c1-20(2)13-14-21(15-17-9-5-4-6-10-17)16-18-11-7-8-12-19(18)22-3;3-1(4)2(5)6/h4-12H,13-16H2,1-3H3;(H,3,4)(H,5,6). The number of hydrogen-bond acceptors (Lipinski definition) is 5. The Balaban J connectivity index is 0.000000568. The highest BCUT2D eigenvalue weighted by molar-refractivity contribution is 6.27. The van der Waals surface area contributed by atoms with E-state index in [-0.39, 0.29) is 0 Å². The molecule has 0 aromatic heterocycles. The lowest BCUT2D eigenvalue weighted by atomic mass is 10.1. The second-order valence-corrected chi connectivity index (χ2v) is 6.42. The van der Waals surface area contributed by atoms with Gasteiger partial charge in [0.2, 0.25) is 0 Å². The van der Waals surface area contributed by atoms with Gasteiger partial charge in [0.1, 0.15) is 5.75 Å². The molecule has 7 nitrogen and oxygen atoms in total. The van der Waals surface area contributed by atoms with Crippen LogP contribution in [0.4, 0.5) is 0 Å². The fourth-order valence-electron chi connectivity index (χ4n) is 2.47. The van der Waals surface area contributed by atoms with Crippen molar-refractivity contribution in [1.82, 2.24) is 9.80 Å². The van der Waals surface area contributed by atoms with Crippen molar-refractivity contribution in [2.24, 2.45) is 0 Å². The predicted octanol–water partition coefficient (Wildman–Crippen LogP) is 2.41. The molecule has 2 rings (SSSR count). The fourth-order valence-corrected chi connectivity index (χ4v) is 2.47. The summed E-state index contributed by atoms with van der Waals surface area (Å²) in [6.07, 6.45) is 0. The largest absolute Gasteiger partial charge is 0.496 e. The van der Waals surface area contributed by atoms with Crippen LogP contribution in [-0.2, 0) is 22.7 Å². The second-order valence-electron chi connectivity index (χ2n) is 6.42. The molecule has 2 aromatic rings. The Hall–Kier alpha value is -2.90. The van der Waals surface area contributed by atoms with Gasteiger partial charge in [0, 0.05) is 31.7 Å². The lowest BCUT2D eigenvalue weighted by molar-refractivity contribution is -0.159. The highest BCUT2D eigenvalue weighted by Gasteiger charge is 2.10. The number of nitrogens with zero attached hydrogens (tertiary/aromatic N) is 2. The van der Waals surface area contributed by atoms with E-state index in [1.807, 2.05) is 12.1 Å². The summed E-state index contributed by atoms with van der Waals surface area (Å²) in [4.78, 5) is 22.9. The molecule has 0 fully saturated rings. The van der Waals surface area contributed by atoms with E-state index in [0.29, 0.717) is 0 Å². The number of likely N-dealkylation sites (N-methyl/N-ethyl adjacent to an activating group) is 1. The quantitative estimate of drug-likeness (QED) is 0.671. The van der Waals surface area contributed by atoms with E-state index in [0.717, 1.165) is 31.9 Å². The van der Waals surface area contributed by atoms with Crippen molar-refractivity contribution >= 4 is 11.9 Å². The molecule has 0 radical (unpaired) electrons. The van der Waals surface area contributed by atoms with Crippen LogP contribution in [0.5, 0.6) is 5.75 Å². The lowest BCUT2D eigenvalue weighted by Crippen LogP contribution is -2.31. The Morgan fingerprint density at radius 3 is 1.96 bits per heavy atom. The van der Waals surface area contributed by atoms with Crippen LogP contribution in [0.15, 0.2) is 54.6 Å². The van der Waals surface area contributed by atoms with Crippen molar-refractivity contribution in [3.63, 3.8) is 0 Å². The minimum atomic E-state index is -1.82. The molecule has 0 saturated heterocycles. The van der Waals surface area contributed by atoms with Crippen LogP contribution in [0, 0.1) is 0 Å². The summed E-state index contributed by atoms with van der Waals surface area (Å²) < 4.78 is 5.48. The minimum Gasteiger partial charge on any atom is -0.496 e. The molecule has 0 amide bonds. The van der Waals surface area contributed by atoms with Gasteiger partial charge in [-0.3, -0.25) is 4.90 Å². The molecule has 0 unspecified atom stereocenters. The molecule has 2 N–H and O–H groups in total. The summed E-state index contributed by atoms with van der Waals surface area (Å²) in [7, 11) is 5.97. The molecule has 0 atom stereocenters. The number of carbonyl (C=O) groups is 2. The first-order valence-corrected chi connectivity index (χ1v) is 8.82. The topological polar surface area (TPSA) is 90.3 Å². The summed E-state index contributed by atoms with van der Waals surface area (Å²) in [5.74, 6) is -2.68. The van der Waals surface area contributed by atoms with Crippen LogP contribution in [-0.4, -0.2) is 66.2 Å². The Kier molecular flexibility index (Phi) is 10.3. The van der Waals surface area contributed by atoms with E-state index in [9.17, 15) is 0 Å². The SMILES string of the molecule is COc1ccccc1CN(CCN(C)C)Cc1ccccc1.O=C(O)C(=O)O. The Labute approximate surface area is 165 Å². The zero-order valence-electron chi connectivity index (χ0n) is 16.5. The number of aliphatic carboxylic acids is 2. The van der Waals surface area contributed by atoms with E-state index in [4.69, 9.17) is 24.5 Å². The molecule has 0 spiro atoms. The minimum absolute atomic E-state index is 0.896. The summed E-state index contributed by atoms with van der Waals surface area (Å²) in [6, 6.07) is 18.9. The number of ether oxygens (including phenoxy) is 1. The van der Waals surface area contributed by atoms with Crippen molar-refractivity contribution in [2.45, 2.75) is 13.1 Å². The van der Waals surface area contributed by atoms with Gasteiger partial charge in [-0.1, -0.05) is 48.5 Å². The van der Waals surface area contributed by atoms with E-state index in [1.54, 1.807) is 7.11 Å². The number of hydrogen-bond donors (Lipinski definition) is 2. The van der Waals surface area contributed by atoms with Gasteiger partial charge in [-0.15, -0.1) is 0 Å². The number of rotatable bonds is 8.